The second kappa shape index (κ2) is 6.50. The molecular weight excluding hydrogens is 252 g/mol. The van der Waals surface area contributed by atoms with Crippen molar-refractivity contribution < 1.29 is 24.6 Å². The van der Waals surface area contributed by atoms with Gasteiger partial charge in [-0.1, -0.05) is 30.3 Å². The van der Waals surface area contributed by atoms with E-state index in [0.29, 0.717) is 10.5 Å². The fourth-order valence-electron chi connectivity index (χ4n) is 1.51. The molecule has 0 aromatic heterocycles. The van der Waals surface area contributed by atoms with Gasteiger partial charge in [0.15, 0.2) is 6.10 Å². The average Bonchev–Trinajstić information content (AvgIpc) is 2.36. The van der Waals surface area contributed by atoms with Gasteiger partial charge in [-0.3, -0.25) is 14.4 Å². The summed E-state index contributed by atoms with van der Waals surface area (Å²) in [5, 5.41) is 18.5. The van der Waals surface area contributed by atoms with E-state index in [0.717, 1.165) is 0 Å². The predicted molar refractivity (Wildman–Crippen MR) is 64.8 cm³/mol. The van der Waals surface area contributed by atoms with Gasteiger partial charge in [-0.25, -0.2) is 0 Å². The number of primary amides is 1. The summed E-state index contributed by atoms with van der Waals surface area (Å²) in [7, 11) is 0. The van der Waals surface area contributed by atoms with E-state index in [1.54, 1.807) is 18.2 Å². The molecule has 1 atom stereocenters. The van der Waals surface area contributed by atoms with Gasteiger partial charge in [0.25, 0.3) is 5.91 Å². The first-order chi connectivity index (χ1) is 8.91. The van der Waals surface area contributed by atoms with Crippen molar-refractivity contribution in [2.45, 2.75) is 6.10 Å². The number of benzene rings is 1. The Bertz CT molecular complexity index is 458. The standard InChI is InChI=1S/C12H14N2O5/c13-9(15)6-14(7-10(16)17)12(19)11(18)8-4-2-1-3-5-8/h1-5,11,18H,6-7H2,(H2,13,15)(H,16,17). The fourth-order valence-corrected chi connectivity index (χ4v) is 1.51. The lowest BCUT2D eigenvalue weighted by Gasteiger charge is -2.22. The molecule has 1 rings (SSSR count). The van der Waals surface area contributed by atoms with Gasteiger partial charge in [-0.05, 0) is 5.56 Å². The lowest BCUT2D eigenvalue weighted by molar-refractivity contribution is -0.150. The van der Waals surface area contributed by atoms with Gasteiger partial charge in [0.2, 0.25) is 5.91 Å². The maximum atomic E-state index is 11.9. The van der Waals surface area contributed by atoms with Crippen molar-refractivity contribution in [2.75, 3.05) is 13.1 Å². The van der Waals surface area contributed by atoms with Crippen molar-refractivity contribution in [2.24, 2.45) is 5.73 Å². The van der Waals surface area contributed by atoms with Crippen molar-refractivity contribution in [1.29, 1.82) is 0 Å². The van der Waals surface area contributed by atoms with Crippen molar-refractivity contribution in [1.82, 2.24) is 4.90 Å². The summed E-state index contributed by atoms with van der Waals surface area (Å²) in [6.07, 6.45) is -1.53. The smallest absolute Gasteiger partial charge is 0.323 e. The second-order valence-electron chi connectivity index (χ2n) is 3.87. The number of carboxylic acids is 1. The molecule has 0 bridgehead atoms. The number of aliphatic hydroxyl groups is 1. The number of nitrogens with zero attached hydrogens (tertiary/aromatic N) is 1. The first kappa shape index (κ1) is 14.7. The maximum Gasteiger partial charge on any atom is 0.323 e. The van der Waals surface area contributed by atoms with Crippen LogP contribution in [0.5, 0.6) is 0 Å². The highest BCUT2D eigenvalue weighted by atomic mass is 16.4. The molecule has 0 heterocycles. The monoisotopic (exact) mass is 266 g/mol. The zero-order valence-electron chi connectivity index (χ0n) is 10.0. The largest absolute Gasteiger partial charge is 0.480 e. The molecule has 19 heavy (non-hydrogen) atoms. The molecule has 1 unspecified atom stereocenters. The fraction of sp³-hybridized carbons (Fsp3) is 0.250. The third kappa shape index (κ3) is 4.40. The van der Waals surface area contributed by atoms with Crippen LogP contribution in [0.2, 0.25) is 0 Å². The van der Waals surface area contributed by atoms with Crippen molar-refractivity contribution in [3.05, 3.63) is 35.9 Å². The summed E-state index contributed by atoms with van der Waals surface area (Å²) in [4.78, 5) is 34.1. The lowest BCUT2D eigenvalue weighted by Crippen LogP contribution is -2.43. The van der Waals surface area contributed by atoms with Crippen LogP contribution in [-0.4, -0.2) is 46.0 Å². The Morgan fingerprint density at radius 3 is 2.21 bits per heavy atom. The number of rotatable bonds is 6. The minimum Gasteiger partial charge on any atom is -0.480 e. The normalized spacial score (nSPS) is 11.6. The Morgan fingerprint density at radius 2 is 1.74 bits per heavy atom. The molecule has 0 spiro atoms. The number of hydrogen-bond acceptors (Lipinski definition) is 4. The summed E-state index contributed by atoms with van der Waals surface area (Å²) in [5.74, 6) is -3.03. The molecule has 0 aliphatic carbocycles. The summed E-state index contributed by atoms with van der Waals surface area (Å²) in [5.41, 5.74) is 5.25. The zero-order chi connectivity index (χ0) is 14.4. The van der Waals surface area contributed by atoms with E-state index in [2.05, 4.69) is 0 Å². The molecule has 0 saturated carbocycles. The number of aliphatic carboxylic acids is 1. The van der Waals surface area contributed by atoms with E-state index in [1.807, 2.05) is 0 Å². The highest BCUT2D eigenvalue weighted by Crippen LogP contribution is 2.15. The number of nitrogens with two attached hydrogens (primary N) is 1. The van der Waals surface area contributed by atoms with E-state index in [4.69, 9.17) is 10.8 Å². The highest BCUT2D eigenvalue weighted by molar-refractivity contribution is 5.89. The highest BCUT2D eigenvalue weighted by Gasteiger charge is 2.26. The molecule has 0 fully saturated rings. The van der Waals surface area contributed by atoms with Gasteiger partial charge in [-0.15, -0.1) is 0 Å². The molecule has 7 heteroatoms. The summed E-state index contributed by atoms with van der Waals surface area (Å²) in [6, 6.07) is 8.00. The number of carbonyl (C=O) groups is 3. The minimum atomic E-state index is -1.53. The van der Waals surface area contributed by atoms with Crippen LogP contribution >= 0.6 is 0 Å². The first-order valence-electron chi connectivity index (χ1n) is 5.43. The van der Waals surface area contributed by atoms with Gasteiger partial charge in [0, 0.05) is 0 Å². The number of aliphatic hydroxyl groups excluding tert-OH is 1. The number of carboxylic acid groups (broad SMARTS) is 1. The Kier molecular flexibility index (Phi) is 5.01. The second-order valence-corrected chi connectivity index (χ2v) is 3.87. The minimum absolute atomic E-state index is 0.312. The molecule has 1 aromatic carbocycles. The summed E-state index contributed by atoms with van der Waals surface area (Å²) >= 11 is 0. The van der Waals surface area contributed by atoms with Crippen LogP contribution < -0.4 is 5.73 Å². The van der Waals surface area contributed by atoms with Crippen LogP contribution in [0, 0.1) is 0 Å². The van der Waals surface area contributed by atoms with Gasteiger partial charge in [-0.2, -0.15) is 0 Å². The summed E-state index contributed by atoms with van der Waals surface area (Å²) < 4.78 is 0. The third-order valence-corrected chi connectivity index (χ3v) is 2.33. The van der Waals surface area contributed by atoms with Crippen LogP contribution in [-0.2, 0) is 14.4 Å². The maximum absolute atomic E-state index is 11.9. The molecule has 0 radical (unpaired) electrons. The van der Waals surface area contributed by atoms with E-state index < -0.39 is 37.0 Å². The van der Waals surface area contributed by atoms with Crippen LogP contribution in [0.25, 0.3) is 0 Å². The average molecular weight is 266 g/mol. The van der Waals surface area contributed by atoms with Crippen LogP contribution in [0.15, 0.2) is 30.3 Å². The van der Waals surface area contributed by atoms with E-state index >= 15 is 0 Å². The Labute approximate surface area is 109 Å². The number of carbonyl (C=O) groups excluding carboxylic acids is 2. The molecule has 0 saturated heterocycles. The van der Waals surface area contributed by atoms with Crippen LogP contribution in [0.1, 0.15) is 11.7 Å². The van der Waals surface area contributed by atoms with Crippen LogP contribution in [0.3, 0.4) is 0 Å². The van der Waals surface area contributed by atoms with E-state index in [-0.39, 0.29) is 0 Å². The Hall–Kier alpha value is -2.41. The van der Waals surface area contributed by atoms with Crippen molar-refractivity contribution >= 4 is 17.8 Å². The number of hydrogen-bond donors (Lipinski definition) is 3. The van der Waals surface area contributed by atoms with Gasteiger partial charge in [0.05, 0.1) is 0 Å². The first-order valence-corrected chi connectivity index (χ1v) is 5.43. The molecular formula is C12H14N2O5. The number of amides is 2. The van der Waals surface area contributed by atoms with Gasteiger partial charge >= 0.3 is 5.97 Å². The molecule has 0 aliphatic heterocycles. The van der Waals surface area contributed by atoms with E-state index in [1.165, 1.54) is 12.1 Å². The third-order valence-electron chi connectivity index (χ3n) is 2.33. The topological polar surface area (TPSA) is 121 Å². The van der Waals surface area contributed by atoms with Gasteiger partial charge in [0.1, 0.15) is 13.1 Å². The molecule has 4 N–H and O–H groups in total. The summed E-state index contributed by atoms with van der Waals surface area (Å²) in [6.45, 7) is -1.26. The molecule has 0 aliphatic rings. The van der Waals surface area contributed by atoms with Crippen LogP contribution in [0.4, 0.5) is 0 Å². The molecule has 2 amide bonds. The lowest BCUT2D eigenvalue weighted by atomic mass is 10.1. The Morgan fingerprint density at radius 1 is 1.16 bits per heavy atom. The predicted octanol–water partition coefficient (Wildman–Crippen LogP) is -0.881. The zero-order valence-corrected chi connectivity index (χ0v) is 10.0. The molecule has 1 aromatic rings. The molecule has 102 valence electrons. The van der Waals surface area contributed by atoms with Gasteiger partial charge < -0.3 is 20.8 Å². The Balaban J connectivity index is 2.86. The SMILES string of the molecule is NC(=O)CN(CC(=O)O)C(=O)C(O)c1ccccc1. The quantitative estimate of drug-likeness (QED) is 0.617. The molecule has 7 nitrogen and oxygen atoms in total. The van der Waals surface area contributed by atoms with E-state index in [9.17, 15) is 19.5 Å². The van der Waals surface area contributed by atoms with Crippen molar-refractivity contribution in [3.8, 4) is 0 Å². The van der Waals surface area contributed by atoms with Crippen molar-refractivity contribution in [3.63, 3.8) is 0 Å².